The standard InChI is InChI=1S/C22H12O2/c1-3-7-17-15(5-1)21-13-9-12-20-22(14(13)10-11-19(21)23-17)16-6-2-4-8-18(16)24-20/h1-12H. The van der Waals surface area contributed by atoms with E-state index in [2.05, 4.69) is 48.5 Å². The highest BCUT2D eigenvalue weighted by Gasteiger charge is 2.14. The topological polar surface area (TPSA) is 26.3 Å². The zero-order valence-electron chi connectivity index (χ0n) is 12.7. The van der Waals surface area contributed by atoms with Crippen LogP contribution in [0.4, 0.5) is 0 Å². The maximum Gasteiger partial charge on any atom is 0.136 e. The Bertz CT molecular complexity index is 1290. The summed E-state index contributed by atoms with van der Waals surface area (Å²) in [5, 5.41) is 7.08. The predicted octanol–water partition coefficient (Wildman–Crippen LogP) is 6.64. The molecule has 0 atom stereocenters. The molecule has 0 fully saturated rings. The van der Waals surface area contributed by atoms with Crippen LogP contribution in [0.5, 0.6) is 0 Å². The zero-order valence-corrected chi connectivity index (χ0v) is 12.7. The van der Waals surface area contributed by atoms with E-state index in [1.54, 1.807) is 0 Å². The molecule has 0 aliphatic heterocycles. The van der Waals surface area contributed by atoms with Crippen LogP contribution in [0.1, 0.15) is 0 Å². The van der Waals surface area contributed by atoms with Crippen molar-refractivity contribution in [3.05, 3.63) is 72.8 Å². The Hall–Kier alpha value is -3.26. The highest BCUT2D eigenvalue weighted by atomic mass is 16.3. The third kappa shape index (κ3) is 1.41. The Morgan fingerprint density at radius 2 is 0.833 bits per heavy atom. The first-order valence-electron chi connectivity index (χ1n) is 8.04. The summed E-state index contributed by atoms with van der Waals surface area (Å²) in [7, 11) is 0. The summed E-state index contributed by atoms with van der Waals surface area (Å²) in [5.41, 5.74) is 3.71. The molecule has 4 aromatic carbocycles. The number of furan rings is 2. The second-order valence-electron chi connectivity index (χ2n) is 6.17. The molecule has 0 radical (unpaired) electrons. The van der Waals surface area contributed by atoms with Crippen LogP contribution in [-0.4, -0.2) is 0 Å². The largest absolute Gasteiger partial charge is 0.456 e. The van der Waals surface area contributed by atoms with Gasteiger partial charge in [0.15, 0.2) is 0 Å². The number of benzene rings is 4. The monoisotopic (exact) mass is 308 g/mol. The average Bonchev–Trinajstić information content (AvgIpc) is 3.19. The second kappa shape index (κ2) is 4.18. The molecule has 0 aliphatic carbocycles. The van der Waals surface area contributed by atoms with Gasteiger partial charge in [0, 0.05) is 21.5 Å². The number of fused-ring (bicyclic) bond motifs is 9. The van der Waals surface area contributed by atoms with E-state index >= 15 is 0 Å². The van der Waals surface area contributed by atoms with E-state index in [0.29, 0.717) is 0 Å². The lowest BCUT2D eigenvalue weighted by atomic mass is 9.99. The molecule has 2 heterocycles. The van der Waals surface area contributed by atoms with Crippen molar-refractivity contribution in [3.63, 3.8) is 0 Å². The molecule has 0 bridgehead atoms. The van der Waals surface area contributed by atoms with Crippen LogP contribution in [0.25, 0.3) is 54.6 Å². The van der Waals surface area contributed by atoms with Crippen molar-refractivity contribution < 1.29 is 8.83 Å². The highest BCUT2D eigenvalue weighted by Crippen LogP contribution is 2.40. The Kier molecular flexibility index (Phi) is 2.12. The van der Waals surface area contributed by atoms with Crippen LogP contribution in [0, 0.1) is 0 Å². The molecule has 0 amide bonds. The van der Waals surface area contributed by atoms with Crippen molar-refractivity contribution in [1.29, 1.82) is 0 Å². The summed E-state index contributed by atoms with van der Waals surface area (Å²) in [5.74, 6) is 0. The first-order chi connectivity index (χ1) is 11.9. The average molecular weight is 308 g/mol. The molecule has 0 saturated heterocycles. The molecule has 6 aromatic rings. The minimum atomic E-state index is 0.927. The predicted molar refractivity (Wildman–Crippen MR) is 98.5 cm³/mol. The normalized spacial score (nSPS) is 12.2. The first-order valence-corrected chi connectivity index (χ1v) is 8.04. The van der Waals surface area contributed by atoms with Crippen LogP contribution >= 0.6 is 0 Å². The van der Waals surface area contributed by atoms with Gasteiger partial charge in [-0.3, -0.25) is 0 Å². The molecule has 0 aliphatic rings. The lowest BCUT2D eigenvalue weighted by molar-refractivity contribution is 0.668. The van der Waals surface area contributed by atoms with Crippen molar-refractivity contribution in [1.82, 2.24) is 0 Å². The fraction of sp³-hybridized carbons (Fsp3) is 0. The third-order valence-electron chi connectivity index (χ3n) is 4.88. The van der Waals surface area contributed by atoms with Crippen LogP contribution in [0.15, 0.2) is 81.6 Å². The Labute approximate surface area is 136 Å². The van der Waals surface area contributed by atoms with Gasteiger partial charge >= 0.3 is 0 Å². The van der Waals surface area contributed by atoms with Gasteiger partial charge in [0.1, 0.15) is 22.3 Å². The minimum Gasteiger partial charge on any atom is -0.456 e. The molecule has 0 spiro atoms. The number of para-hydroxylation sites is 2. The van der Waals surface area contributed by atoms with Crippen molar-refractivity contribution >= 4 is 54.6 Å². The maximum atomic E-state index is 6.02. The van der Waals surface area contributed by atoms with Crippen LogP contribution in [0.2, 0.25) is 0 Å². The van der Waals surface area contributed by atoms with Gasteiger partial charge in [-0.05, 0) is 47.2 Å². The van der Waals surface area contributed by atoms with Gasteiger partial charge < -0.3 is 8.83 Å². The summed E-state index contributed by atoms with van der Waals surface area (Å²) < 4.78 is 12.0. The smallest absolute Gasteiger partial charge is 0.136 e. The van der Waals surface area contributed by atoms with Gasteiger partial charge in [-0.2, -0.15) is 0 Å². The molecule has 6 rings (SSSR count). The SMILES string of the molecule is c1ccc2c(c1)oc1ccc3c(ccc4oc5ccccc5c43)c12. The molecule has 0 saturated carbocycles. The van der Waals surface area contributed by atoms with E-state index in [0.717, 1.165) is 33.1 Å². The minimum absolute atomic E-state index is 0.927. The fourth-order valence-electron chi connectivity index (χ4n) is 3.85. The van der Waals surface area contributed by atoms with Crippen molar-refractivity contribution in [3.8, 4) is 0 Å². The summed E-state index contributed by atoms with van der Waals surface area (Å²) in [6, 6.07) is 24.8. The molecule has 2 heteroatoms. The van der Waals surface area contributed by atoms with Gasteiger partial charge in [0.05, 0.1) is 0 Å². The van der Waals surface area contributed by atoms with Crippen molar-refractivity contribution in [2.45, 2.75) is 0 Å². The maximum absolute atomic E-state index is 6.02. The van der Waals surface area contributed by atoms with Crippen LogP contribution < -0.4 is 0 Å². The van der Waals surface area contributed by atoms with Gasteiger partial charge in [0.2, 0.25) is 0 Å². The van der Waals surface area contributed by atoms with E-state index in [-0.39, 0.29) is 0 Å². The quantitative estimate of drug-likeness (QED) is 0.314. The summed E-state index contributed by atoms with van der Waals surface area (Å²) in [4.78, 5) is 0. The first kappa shape index (κ1) is 12.2. The molecule has 24 heavy (non-hydrogen) atoms. The van der Waals surface area contributed by atoms with Gasteiger partial charge in [0.25, 0.3) is 0 Å². The number of hydrogen-bond acceptors (Lipinski definition) is 2. The van der Waals surface area contributed by atoms with Crippen LogP contribution in [0.3, 0.4) is 0 Å². The summed E-state index contributed by atoms with van der Waals surface area (Å²) >= 11 is 0. The number of hydrogen-bond donors (Lipinski definition) is 0. The second-order valence-corrected chi connectivity index (χ2v) is 6.17. The lowest BCUT2D eigenvalue weighted by Gasteiger charge is -2.01. The molecule has 2 nitrogen and oxygen atoms in total. The van der Waals surface area contributed by atoms with Gasteiger partial charge in [-0.1, -0.05) is 36.4 Å². The van der Waals surface area contributed by atoms with E-state index < -0.39 is 0 Å². The molecule has 0 unspecified atom stereocenters. The van der Waals surface area contributed by atoms with E-state index in [9.17, 15) is 0 Å². The Morgan fingerprint density at radius 1 is 0.375 bits per heavy atom. The van der Waals surface area contributed by atoms with E-state index in [4.69, 9.17) is 8.83 Å². The van der Waals surface area contributed by atoms with Crippen molar-refractivity contribution in [2.24, 2.45) is 0 Å². The van der Waals surface area contributed by atoms with Crippen molar-refractivity contribution in [2.75, 3.05) is 0 Å². The zero-order chi connectivity index (χ0) is 15.7. The highest BCUT2D eigenvalue weighted by molar-refractivity contribution is 6.27. The van der Waals surface area contributed by atoms with Gasteiger partial charge in [-0.25, -0.2) is 0 Å². The molecular weight excluding hydrogens is 296 g/mol. The van der Waals surface area contributed by atoms with Gasteiger partial charge in [-0.15, -0.1) is 0 Å². The van der Waals surface area contributed by atoms with E-state index in [1.807, 2.05) is 24.3 Å². The summed E-state index contributed by atoms with van der Waals surface area (Å²) in [6.45, 7) is 0. The molecule has 112 valence electrons. The fourth-order valence-corrected chi connectivity index (χ4v) is 3.85. The number of rotatable bonds is 0. The summed E-state index contributed by atoms with van der Waals surface area (Å²) in [6.07, 6.45) is 0. The molecule has 0 N–H and O–H groups in total. The lowest BCUT2D eigenvalue weighted by Crippen LogP contribution is -1.76. The Balaban J connectivity index is 1.93. The molecular formula is C22H12O2. The van der Waals surface area contributed by atoms with Crippen LogP contribution in [-0.2, 0) is 0 Å². The van der Waals surface area contributed by atoms with E-state index in [1.165, 1.54) is 21.5 Å². The Morgan fingerprint density at radius 3 is 1.33 bits per heavy atom. The third-order valence-corrected chi connectivity index (χ3v) is 4.88. The molecule has 2 aromatic heterocycles.